The van der Waals surface area contributed by atoms with Gasteiger partial charge in [0.15, 0.2) is 18.1 Å². The van der Waals surface area contributed by atoms with E-state index in [1.807, 2.05) is 0 Å². The molecule has 2 aromatic carbocycles. The lowest BCUT2D eigenvalue weighted by molar-refractivity contribution is -0.119. The number of carbonyl (C=O) groups excluding carboxylic acids is 2. The molecule has 0 aliphatic heterocycles. The highest BCUT2D eigenvalue weighted by atomic mass is 35.5. The van der Waals surface area contributed by atoms with Gasteiger partial charge in [0.05, 0.1) is 24.1 Å². The van der Waals surface area contributed by atoms with Crippen molar-refractivity contribution >= 4 is 29.1 Å². The fourth-order valence-corrected chi connectivity index (χ4v) is 2.80. The lowest BCUT2D eigenvalue weighted by Gasteiger charge is -2.14. The van der Waals surface area contributed by atoms with Crippen LogP contribution in [-0.2, 0) is 4.79 Å². The zero-order chi connectivity index (χ0) is 21.0. The van der Waals surface area contributed by atoms with Gasteiger partial charge in [-0.3, -0.25) is 9.59 Å². The maximum atomic E-state index is 14.4. The number of methoxy groups -OCH3 is 1. The fourth-order valence-electron chi connectivity index (χ4n) is 2.53. The molecule has 0 aliphatic carbocycles. The Morgan fingerprint density at radius 1 is 1.31 bits per heavy atom. The quantitative estimate of drug-likeness (QED) is 0.613. The van der Waals surface area contributed by atoms with Crippen LogP contribution >= 0.6 is 11.6 Å². The predicted molar refractivity (Wildman–Crippen MR) is 104 cm³/mol. The summed E-state index contributed by atoms with van der Waals surface area (Å²) in [6, 6.07) is 6.98. The lowest BCUT2D eigenvalue weighted by atomic mass is 10.1. The first-order valence-corrected chi connectivity index (χ1v) is 8.64. The molecule has 1 aromatic heterocycles. The maximum Gasteiger partial charge on any atom is 0.255 e. The highest BCUT2D eigenvalue weighted by Crippen LogP contribution is 2.36. The van der Waals surface area contributed by atoms with Crippen LogP contribution in [0.5, 0.6) is 11.5 Å². The number of halogens is 2. The van der Waals surface area contributed by atoms with Gasteiger partial charge in [0, 0.05) is 23.6 Å². The van der Waals surface area contributed by atoms with Crippen LogP contribution in [0.25, 0.3) is 5.69 Å². The Kier molecular flexibility index (Phi) is 5.99. The number of benzene rings is 2. The predicted octanol–water partition coefficient (Wildman–Crippen LogP) is 2.79. The minimum atomic E-state index is -0.689. The minimum absolute atomic E-state index is 0.0531. The van der Waals surface area contributed by atoms with Crippen LogP contribution in [0, 0.1) is 5.82 Å². The summed E-state index contributed by atoms with van der Waals surface area (Å²) in [7, 11) is 1.36. The van der Waals surface area contributed by atoms with Crippen LogP contribution in [0.3, 0.4) is 0 Å². The van der Waals surface area contributed by atoms with Crippen molar-refractivity contribution in [3.05, 3.63) is 65.5 Å². The van der Waals surface area contributed by atoms with Crippen molar-refractivity contribution in [2.24, 2.45) is 5.73 Å². The number of imidazole rings is 1. The SMILES string of the molecule is COc1cc(C(=O)Nc2ccc(-n3ccnc3)c(F)c2)cc(Cl)c1OCC(N)=O. The van der Waals surface area contributed by atoms with Crippen molar-refractivity contribution in [2.75, 3.05) is 19.0 Å². The van der Waals surface area contributed by atoms with Crippen molar-refractivity contribution in [1.29, 1.82) is 0 Å². The number of nitrogens with zero attached hydrogens (tertiary/aromatic N) is 2. The summed E-state index contributed by atoms with van der Waals surface area (Å²) >= 11 is 6.14. The van der Waals surface area contributed by atoms with Crippen LogP contribution in [0.1, 0.15) is 10.4 Å². The number of hydrogen-bond acceptors (Lipinski definition) is 5. The summed E-state index contributed by atoms with van der Waals surface area (Å²) in [6.07, 6.45) is 4.60. The molecular weight excluding hydrogens is 403 g/mol. The number of nitrogens with two attached hydrogens (primary N) is 1. The van der Waals surface area contributed by atoms with Gasteiger partial charge in [-0.1, -0.05) is 11.6 Å². The van der Waals surface area contributed by atoms with Crippen molar-refractivity contribution in [3.63, 3.8) is 0 Å². The number of hydrogen-bond donors (Lipinski definition) is 2. The van der Waals surface area contributed by atoms with Crippen molar-refractivity contribution < 1.29 is 23.5 Å². The Labute approximate surface area is 170 Å². The van der Waals surface area contributed by atoms with Gasteiger partial charge < -0.3 is 25.1 Å². The van der Waals surface area contributed by atoms with Gasteiger partial charge in [-0.05, 0) is 30.3 Å². The van der Waals surface area contributed by atoms with E-state index in [1.165, 1.54) is 48.5 Å². The van der Waals surface area contributed by atoms with Gasteiger partial charge >= 0.3 is 0 Å². The first-order chi connectivity index (χ1) is 13.9. The Morgan fingerprint density at radius 2 is 2.10 bits per heavy atom. The number of rotatable bonds is 7. The second-order valence-corrected chi connectivity index (χ2v) is 6.24. The maximum absolute atomic E-state index is 14.4. The van der Waals surface area contributed by atoms with E-state index in [-0.39, 0.29) is 27.8 Å². The van der Waals surface area contributed by atoms with Crippen LogP contribution in [0.4, 0.5) is 10.1 Å². The summed E-state index contributed by atoms with van der Waals surface area (Å²) in [5, 5.41) is 2.64. The molecule has 0 spiro atoms. The Morgan fingerprint density at radius 3 is 2.72 bits per heavy atom. The molecule has 8 nitrogen and oxygen atoms in total. The molecule has 1 heterocycles. The molecule has 0 aliphatic rings. The standard InChI is InChI=1S/C19H16ClFN4O4/c1-28-16-7-11(6-13(20)18(16)29-9-17(22)26)19(27)24-12-2-3-15(14(21)8-12)25-5-4-23-10-25/h2-8,10H,9H2,1H3,(H2,22,26)(H,24,27). The highest BCUT2D eigenvalue weighted by Gasteiger charge is 2.17. The topological polar surface area (TPSA) is 108 Å². The van der Waals surface area contributed by atoms with Crippen LogP contribution in [0.2, 0.25) is 5.02 Å². The van der Waals surface area contributed by atoms with Gasteiger partial charge in [0.2, 0.25) is 0 Å². The van der Waals surface area contributed by atoms with Crippen LogP contribution in [0.15, 0.2) is 49.1 Å². The van der Waals surface area contributed by atoms with Crippen molar-refractivity contribution in [2.45, 2.75) is 0 Å². The van der Waals surface area contributed by atoms with E-state index in [1.54, 1.807) is 12.3 Å². The first kappa shape index (κ1) is 20.2. The lowest BCUT2D eigenvalue weighted by Crippen LogP contribution is -2.20. The van der Waals surface area contributed by atoms with E-state index in [0.29, 0.717) is 5.69 Å². The number of ether oxygens (including phenoxy) is 2. The first-order valence-electron chi connectivity index (χ1n) is 8.27. The van der Waals surface area contributed by atoms with Gasteiger partial charge in [0.25, 0.3) is 11.8 Å². The summed E-state index contributed by atoms with van der Waals surface area (Å²) in [4.78, 5) is 27.3. The van der Waals surface area contributed by atoms with Crippen LogP contribution in [-0.4, -0.2) is 35.1 Å². The van der Waals surface area contributed by atoms with Gasteiger partial charge in [0.1, 0.15) is 5.82 Å². The third-order valence-corrected chi connectivity index (χ3v) is 4.12. The van der Waals surface area contributed by atoms with E-state index in [9.17, 15) is 14.0 Å². The second kappa shape index (κ2) is 8.61. The molecule has 3 rings (SSSR count). The van der Waals surface area contributed by atoms with E-state index in [2.05, 4.69) is 10.3 Å². The Balaban J connectivity index is 1.81. The van der Waals surface area contributed by atoms with E-state index < -0.39 is 24.2 Å². The molecule has 29 heavy (non-hydrogen) atoms. The molecule has 3 aromatic rings. The molecule has 10 heteroatoms. The summed E-state index contributed by atoms with van der Waals surface area (Å²) in [5.74, 6) is -1.54. The average Bonchev–Trinajstić information content (AvgIpc) is 3.20. The molecule has 0 unspecified atom stereocenters. The second-order valence-electron chi connectivity index (χ2n) is 5.83. The number of aromatic nitrogens is 2. The van der Waals surface area contributed by atoms with Crippen molar-refractivity contribution in [1.82, 2.24) is 9.55 Å². The molecule has 0 fully saturated rings. The molecule has 0 atom stereocenters. The minimum Gasteiger partial charge on any atom is -0.493 e. The zero-order valence-electron chi connectivity index (χ0n) is 15.2. The van der Waals surface area contributed by atoms with E-state index in [4.69, 9.17) is 26.8 Å². The third kappa shape index (κ3) is 4.64. The number of primary amides is 1. The summed E-state index contributed by atoms with van der Waals surface area (Å²) in [5.41, 5.74) is 5.75. The monoisotopic (exact) mass is 418 g/mol. The van der Waals surface area contributed by atoms with Crippen molar-refractivity contribution in [3.8, 4) is 17.2 Å². The molecule has 2 amide bonds. The number of nitrogens with one attached hydrogen (secondary N) is 1. The molecule has 0 bridgehead atoms. The third-order valence-electron chi connectivity index (χ3n) is 3.84. The smallest absolute Gasteiger partial charge is 0.255 e. The van der Waals surface area contributed by atoms with Gasteiger partial charge in [-0.25, -0.2) is 9.37 Å². The van der Waals surface area contributed by atoms with E-state index >= 15 is 0 Å². The van der Waals surface area contributed by atoms with Gasteiger partial charge in [-0.15, -0.1) is 0 Å². The van der Waals surface area contributed by atoms with E-state index in [0.717, 1.165) is 0 Å². The van der Waals surface area contributed by atoms with Crippen LogP contribution < -0.4 is 20.5 Å². The Bertz CT molecular complexity index is 1060. The number of amides is 2. The molecule has 150 valence electrons. The molecule has 3 N–H and O–H groups in total. The summed E-state index contributed by atoms with van der Waals surface area (Å²) < 4.78 is 26.2. The zero-order valence-corrected chi connectivity index (χ0v) is 15.9. The number of carbonyl (C=O) groups is 2. The fraction of sp³-hybridized carbons (Fsp3) is 0.105. The molecule has 0 saturated carbocycles. The highest BCUT2D eigenvalue weighted by molar-refractivity contribution is 6.32. The molecule has 0 radical (unpaired) electrons. The number of anilines is 1. The normalized spacial score (nSPS) is 10.4. The Hall–Kier alpha value is -3.59. The largest absolute Gasteiger partial charge is 0.493 e. The average molecular weight is 419 g/mol. The molecular formula is C19H16ClFN4O4. The molecule has 0 saturated heterocycles. The van der Waals surface area contributed by atoms with Gasteiger partial charge in [-0.2, -0.15) is 0 Å². The summed E-state index contributed by atoms with van der Waals surface area (Å²) in [6.45, 7) is -0.399.